The van der Waals surface area contributed by atoms with Crippen molar-refractivity contribution in [3.63, 3.8) is 0 Å². The molecule has 3 rings (SSSR count). The minimum absolute atomic E-state index is 0.0416. The third kappa shape index (κ3) is 6.68. The number of carbonyl (C=O) groups excluding carboxylic acids is 2. The molecular weight excluding hydrogens is 364 g/mol. The Labute approximate surface area is 172 Å². The second-order valence-electron chi connectivity index (χ2n) is 7.66. The number of aromatic nitrogens is 1. The van der Waals surface area contributed by atoms with E-state index in [1.807, 2.05) is 24.3 Å². The first-order valence-electron chi connectivity index (χ1n) is 10.3. The topological polar surface area (TPSA) is 65.5 Å². The number of rotatable bonds is 9. The van der Waals surface area contributed by atoms with Gasteiger partial charge in [0.1, 0.15) is 0 Å². The van der Waals surface area contributed by atoms with Crippen molar-refractivity contribution in [3.8, 4) is 0 Å². The highest BCUT2D eigenvalue weighted by molar-refractivity contribution is 5.83. The smallest absolute Gasteiger partial charge is 0.224 e. The Morgan fingerprint density at radius 3 is 2.72 bits per heavy atom. The number of piperidine rings is 1. The molecule has 29 heavy (non-hydrogen) atoms. The molecule has 1 aromatic heterocycles. The van der Waals surface area contributed by atoms with Gasteiger partial charge < -0.3 is 15.1 Å². The SMILES string of the molecule is CN(CCNC(=O)[C@H]1CCC(=O)N(Cc2ccccn2)C1)CCc1ccccc1. The van der Waals surface area contributed by atoms with Gasteiger partial charge in [-0.15, -0.1) is 0 Å². The van der Waals surface area contributed by atoms with E-state index in [9.17, 15) is 9.59 Å². The van der Waals surface area contributed by atoms with Crippen LogP contribution in [-0.2, 0) is 22.6 Å². The minimum atomic E-state index is -0.147. The molecule has 1 aromatic carbocycles. The maximum atomic E-state index is 12.6. The highest BCUT2D eigenvalue weighted by Crippen LogP contribution is 2.19. The van der Waals surface area contributed by atoms with E-state index in [0.29, 0.717) is 32.5 Å². The molecule has 6 nitrogen and oxygen atoms in total. The van der Waals surface area contributed by atoms with Crippen molar-refractivity contribution >= 4 is 11.8 Å². The molecule has 2 aromatic rings. The number of pyridine rings is 1. The molecular formula is C23H30N4O2. The molecule has 0 aliphatic carbocycles. The van der Waals surface area contributed by atoms with Crippen LogP contribution in [0.2, 0.25) is 0 Å². The maximum Gasteiger partial charge on any atom is 0.224 e. The van der Waals surface area contributed by atoms with Crippen molar-refractivity contribution in [2.45, 2.75) is 25.8 Å². The van der Waals surface area contributed by atoms with Gasteiger partial charge in [0.15, 0.2) is 0 Å². The Balaban J connectivity index is 1.39. The molecule has 0 saturated carbocycles. The van der Waals surface area contributed by atoms with Gasteiger partial charge >= 0.3 is 0 Å². The van der Waals surface area contributed by atoms with E-state index in [1.165, 1.54) is 5.56 Å². The van der Waals surface area contributed by atoms with Crippen LogP contribution in [0.3, 0.4) is 0 Å². The van der Waals surface area contributed by atoms with E-state index < -0.39 is 0 Å². The van der Waals surface area contributed by atoms with Gasteiger partial charge in [-0.2, -0.15) is 0 Å². The first kappa shape index (κ1) is 21.0. The minimum Gasteiger partial charge on any atom is -0.355 e. The quantitative estimate of drug-likeness (QED) is 0.708. The summed E-state index contributed by atoms with van der Waals surface area (Å²) in [7, 11) is 2.07. The summed E-state index contributed by atoms with van der Waals surface area (Å²) in [4.78, 5) is 33.1. The Morgan fingerprint density at radius 2 is 1.97 bits per heavy atom. The van der Waals surface area contributed by atoms with Crippen LogP contribution in [0.4, 0.5) is 0 Å². The van der Waals surface area contributed by atoms with Gasteiger partial charge in [0.25, 0.3) is 0 Å². The van der Waals surface area contributed by atoms with E-state index >= 15 is 0 Å². The number of nitrogens with zero attached hydrogens (tertiary/aromatic N) is 3. The number of amides is 2. The van der Waals surface area contributed by atoms with Gasteiger partial charge in [0.05, 0.1) is 18.2 Å². The van der Waals surface area contributed by atoms with Crippen molar-refractivity contribution in [1.29, 1.82) is 0 Å². The van der Waals surface area contributed by atoms with Gasteiger partial charge in [-0.3, -0.25) is 14.6 Å². The highest BCUT2D eigenvalue weighted by atomic mass is 16.2. The Kier molecular flexibility index (Phi) is 7.76. The average Bonchev–Trinajstić information content (AvgIpc) is 2.75. The molecule has 0 radical (unpaired) electrons. The number of benzene rings is 1. The molecule has 0 spiro atoms. The molecule has 6 heteroatoms. The van der Waals surface area contributed by atoms with E-state index in [-0.39, 0.29) is 17.7 Å². The fraction of sp³-hybridized carbons (Fsp3) is 0.435. The first-order valence-corrected chi connectivity index (χ1v) is 10.3. The van der Waals surface area contributed by atoms with Gasteiger partial charge in [0, 0.05) is 38.8 Å². The zero-order valence-corrected chi connectivity index (χ0v) is 17.1. The fourth-order valence-electron chi connectivity index (χ4n) is 3.56. The van der Waals surface area contributed by atoms with Gasteiger partial charge in [-0.05, 0) is 37.6 Å². The summed E-state index contributed by atoms with van der Waals surface area (Å²) in [6.45, 7) is 3.31. The van der Waals surface area contributed by atoms with Crippen LogP contribution in [-0.4, -0.2) is 59.8 Å². The molecule has 1 fully saturated rings. The molecule has 1 aliphatic heterocycles. The fourth-order valence-corrected chi connectivity index (χ4v) is 3.56. The van der Waals surface area contributed by atoms with Crippen molar-refractivity contribution in [1.82, 2.24) is 20.1 Å². The lowest BCUT2D eigenvalue weighted by atomic mass is 9.96. The predicted octanol–water partition coefficient (Wildman–Crippen LogP) is 2.11. The Hall–Kier alpha value is -2.73. The zero-order valence-electron chi connectivity index (χ0n) is 17.1. The van der Waals surface area contributed by atoms with Crippen LogP contribution in [0, 0.1) is 5.92 Å². The summed E-state index contributed by atoms with van der Waals surface area (Å²) >= 11 is 0. The molecule has 1 atom stereocenters. The largest absolute Gasteiger partial charge is 0.355 e. The van der Waals surface area contributed by atoms with E-state index in [4.69, 9.17) is 0 Å². The predicted molar refractivity (Wildman–Crippen MR) is 113 cm³/mol. The lowest BCUT2D eigenvalue weighted by Crippen LogP contribution is -2.46. The summed E-state index contributed by atoms with van der Waals surface area (Å²) < 4.78 is 0. The summed E-state index contributed by atoms with van der Waals surface area (Å²) in [5.74, 6) is -0.00799. The van der Waals surface area contributed by atoms with Crippen molar-refractivity contribution < 1.29 is 9.59 Å². The van der Waals surface area contributed by atoms with E-state index in [2.05, 4.69) is 46.5 Å². The number of likely N-dealkylation sites (N-methyl/N-ethyl adjacent to an activating group) is 1. The van der Waals surface area contributed by atoms with E-state index in [0.717, 1.165) is 25.2 Å². The molecule has 1 saturated heterocycles. The number of carbonyl (C=O) groups is 2. The van der Waals surface area contributed by atoms with Crippen LogP contribution in [0.15, 0.2) is 54.7 Å². The van der Waals surface area contributed by atoms with E-state index in [1.54, 1.807) is 11.1 Å². The van der Waals surface area contributed by atoms with Crippen LogP contribution in [0.25, 0.3) is 0 Å². The van der Waals surface area contributed by atoms with Crippen molar-refractivity contribution in [2.24, 2.45) is 5.92 Å². The number of likely N-dealkylation sites (tertiary alicyclic amines) is 1. The molecule has 2 amide bonds. The maximum absolute atomic E-state index is 12.6. The molecule has 1 aliphatic rings. The first-order chi connectivity index (χ1) is 14.1. The second-order valence-corrected chi connectivity index (χ2v) is 7.66. The highest BCUT2D eigenvalue weighted by Gasteiger charge is 2.30. The summed E-state index contributed by atoms with van der Waals surface area (Å²) in [5, 5.41) is 3.05. The van der Waals surface area contributed by atoms with Crippen LogP contribution in [0.1, 0.15) is 24.1 Å². The standard InChI is InChI=1S/C23H30N4O2/c1-26(15-12-19-7-3-2-4-8-19)16-14-25-23(29)20-10-11-22(28)27(17-20)18-21-9-5-6-13-24-21/h2-9,13,20H,10-12,14-18H2,1H3,(H,25,29)/t20-/m0/s1. The summed E-state index contributed by atoms with van der Waals surface area (Å²) in [5.41, 5.74) is 2.17. The summed E-state index contributed by atoms with van der Waals surface area (Å²) in [6, 6.07) is 16.1. The summed E-state index contributed by atoms with van der Waals surface area (Å²) in [6.07, 6.45) is 3.76. The Bertz CT molecular complexity index is 782. The molecule has 0 unspecified atom stereocenters. The third-order valence-electron chi connectivity index (χ3n) is 5.37. The number of hydrogen-bond donors (Lipinski definition) is 1. The van der Waals surface area contributed by atoms with Gasteiger partial charge in [-0.1, -0.05) is 36.4 Å². The van der Waals surface area contributed by atoms with Crippen LogP contribution in [0.5, 0.6) is 0 Å². The molecule has 154 valence electrons. The molecule has 2 heterocycles. The normalized spacial score (nSPS) is 16.8. The second kappa shape index (κ2) is 10.7. The number of nitrogens with one attached hydrogen (secondary N) is 1. The lowest BCUT2D eigenvalue weighted by molar-refractivity contribution is -0.139. The Morgan fingerprint density at radius 1 is 1.17 bits per heavy atom. The van der Waals surface area contributed by atoms with Crippen LogP contribution >= 0.6 is 0 Å². The van der Waals surface area contributed by atoms with Gasteiger partial charge in [0.2, 0.25) is 11.8 Å². The third-order valence-corrected chi connectivity index (χ3v) is 5.37. The number of hydrogen-bond acceptors (Lipinski definition) is 4. The average molecular weight is 395 g/mol. The van der Waals surface area contributed by atoms with Crippen LogP contribution < -0.4 is 5.32 Å². The molecule has 1 N–H and O–H groups in total. The molecule has 0 bridgehead atoms. The lowest BCUT2D eigenvalue weighted by Gasteiger charge is -2.31. The van der Waals surface area contributed by atoms with Crippen molar-refractivity contribution in [2.75, 3.05) is 33.2 Å². The van der Waals surface area contributed by atoms with Crippen molar-refractivity contribution in [3.05, 3.63) is 66.0 Å². The zero-order chi connectivity index (χ0) is 20.5. The monoisotopic (exact) mass is 394 g/mol. The van der Waals surface area contributed by atoms with Gasteiger partial charge in [-0.25, -0.2) is 0 Å².